The number of nitrogens with two attached hydrogens (primary N) is 1. The van der Waals surface area contributed by atoms with Gasteiger partial charge in [0.05, 0.1) is 0 Å². The molecule has 2 heteroatoms. The monoisotopic (exact) mass is 172 g/mol. The van der Waals surface area contributed by atoms with Crippen molar-refractivity contribution in [3.63, 3.8) is 0 Å². The van der Waals surface area contributed by atoms with Crippen LogP contribution < -0.4 is 11.1 Å². The van der Waals surface area contributed by atoms with E-state index in [1.807, 2.05) is 0 Å². The van der Waals surface area contributed by atoms with Crippen LogP contribution in [0.4, 0.5) is 0 Å². The number of nitrogens with one attached hydrogen (secondary N) is 1. The molecule has 0 amide bonds. The summed E-state index contributed by atoms with van der Waals surface area (Å²) in [6.45, 7) is 8.59. The van der Waals surface area contributed by atoms with Crippen LogP contribution in [-0.2, 0) is 0 Å². The van der Waals surface area contributed by atoms with E-state index in [9.17, 15) is 0 Å². The molecule has 0 aromatic rings. The molecule has 0 unspecified atom stereocenters. The fourth-order valence-electron chi connectivity index (χ4n) is 1.14. The van der Waals surface area contributed by atoms with Gasteiger partial charge < -0.3 is 11.1 Å². The molecule has 2 nitrogen and oxygen atoms in total. The van der Waals surface area contributed by atoms with Crippen LogP contribution in [-0.4, -0.2) is 18.6 Å². The Labute approximate surface area is 76.9 Å². The van der Waals surface area contributed by atoms with Gasteiger partial charge in [0.1, 0.15) is 0 Å². The molecule has 74 valence electrons. The van der Waals surface area contributed by atoms with Crippen LogP contribution in [0.25, 0.3) is 0 Å². The van der Waals surface area contributed by atoms with Gasteiger partial charge in [-0.05, 0) is 25.8 Å². The minimum absolute atomic E-state index is 0.0216. The summed E-state index contributed by atoms with van der Waals surface area (Å²) in [4.78, 5) is 0. The summed E-state index contributed by atoms with van der Waals surface area (Å²) in [6, 6.07) is 0. The SMILES string of the molecule is CCCCNCC(N)(CC)CC. The van der Waals surface area contributed by atoms with E-state index in [0.717, 1.165) is 25.9 Å². The maximum Gasteiger partial charge on any atom is 0.0275 e. The predicted molar refractivity (Wildman–Crippen MR) is 55.3 cm³/mol. The summed E-state index contributed by atoms with van der Waals surface area (Å²) in [7, 11) is 0. The van der Waals surface area contributed by atoms with Gasteiger partial charge in [-0.15, -0.1) is 0 Å². The third kappa shape index (κ3) is 4.73. The fourth-order valence-corrected chi connectivity index (χ4v) is 1.14. The van der Waals surface area contributed by atoms with Crippen molar-refractivity contribution < 1.29 is 0 Å². The van der Waals surface area contributed by atoms with Gasteiger partial charge in [0, 0.05) is 12.1 Å². The van der Waals surface area contributed by atoms with Gasteiger partial charge in [-0.3, -0.25) is 0 Å². The molecule has 0 saturated heterocycles. The average molecular weight is 172 g/mol. The van der Waals surface area contributed by atoms with Crippen LogP contribution >= 0.6 is 0 Å². The molecule has 0 aliphatic rings. The maximum absolute atomic E-state index is 6.12. The van der Waals surface area contributed by atoms with Crippen molar-refractivity contribution in [1.82, 2.24) is 5.32 Å². The Morgan fingerprint density at radius 3 is 2.17 bits per heavy atom. The Bertz CT molecular complexity index is 98.0. The normalized spacial score (nSPS) is 12.0. The van der Waals surface area contributed by atoms with E-state index < -0.39 is 0 Å². The molecule has 3 N–H and O–H groups in total. The van der Waals surface area contributed by atoms with E-state index in [1.165, 1.54) is 12.8 Å². The first-order valence-corrected chi connectivity index (χ1v) is 5.18. The summed E-state index contributed by atoms with van der Waals surface area (Å²) in [6.07, 6.45) is 4.62. The smallest absolute Gasteiger partial charge is 0.0275 e. The van der Waals surface area contributed by atoms with Crippen LogP contribution in [0.15, 0.2) is 0 Å². The van der Waals surface area contributed by atoms with Crippen molar-refractivity contribution in [2.45, 2.75) is 52.0 Å². The van der Waals surface area contributed by atoms with Crippen molar-refractivity contribution in [3.05, 3.63) is 0 Å². The van der Waals surface area contributed by atoms with Gasteiger partial charge in [0.25, 0.3) is 0 Å². The summed E-state index contributed by atoms with van der Waals surface area (Å²) >= 11 is 0. The lowest BCUT2D eigenvalue weighted by molar-refractivity contribution is 0.369. The fraction of sp³-hybridized carbons (Fsp3) is 1.00. The molecule has 0 aromatic heterocycles. The van der Waals surface area contributed by atoms with Gasteiger partial charge in [0.15, 0.2) is 0 Å². The Balaban J connectivity index is 3.45. The zero-order valence-electron chi connectivity index (χ0n) is 8.82. The largest absolute Gasteiger partial charge is 0.324 e. The minimum atomic E-state index is 0.0216. The van der Waals surface area contributed by atoms with Crippen LogP contribution in [0.2, 0.25) is 0 Å². The molecule has 0 heterocycles. The van der Waals surface area contributed by atoms with E-state index in [0.29, 0.717) is 0 Å². The van der Waals surface area contributed by atoms with Crippen LogP contribution in [0.5, 0.6) is 0 Å². The lowest BCUT2D eigenvalue weighted by atomic mass is 9.94. The third-order valence-corrected chi connectivity index (χ3v) is 2.59. The van der Waals surface area contributed by atoms with Crippen molar-refractivity contribution >= 4 is 0 Å². The molecule has 12 heavy (non-hydrogen) atoms. The van der Waals surface area contributed by atoms with Gasteiger partial charge in [-0.25, -0.2) is 0 Å². The van der Waals surface area contributed by atoms with Crippen molar-refractivity contribution in [3.8, 4) is 0 Å². The van der Waals surface area contributed by atoms with E-state index in [4.69, 9.17) is 5.73 Å². The molecule has 0 aliphatic carbocycles. The molecule has 0 radical (unpaired) electrons. The molecule has 0 fully saturated rings. The molecule has 0 bridgehead atoms. The zero-order chi connectivity index (χ0) is 9.45. The molecule has 0 aromatic carbocycles. The molecule has 0 atom stereocenters. The highest BCUT2D eigenvalue weighted by molar-refractivity contribution is 4.83. The number of hydrogen-bond acceptors (Lipinski definition) is 2. The topological polar surface area (TPSA) is 38.0 Å². The van der Waals surface area contributed by atoms with Gasteiger partial charge in [-0.1, -0.05) is 27.2 Å². The maximum atomic E-state index is 6.12. The van der Waals surface area contributed by atoms with Crippen molar-refractivity contribution in [1.29, 1.82) is 0 Å². The Kier molecular flexibility index (Phi) is 6.39. The first kappa shape index (κ1) is 11.9. The van der Waals surface area contributed by atoms with Crippen LogP contribution in [0.3, 0.4) is 0 Å². The summed E-state index contributed by atoms with van der Waals surface area (Å²) in [5.41, 5.74) is 6.14. The summed E-state index contributed by atoms with van der Waals surface area (Å²) in [5, 5.41) is 3.40. The number of unbranched alkanes of at least 4 members (excludes halogenated alkanes) is 1. The summed E-state index contributed by atoms with van der Waals surface area (Å²) in [5.74, 6) is 0. The molecule has 0 saturated carbocycles. The zero-order valence-corrected chi connectivity index (χ0v) is 8.82. The highest BCUT2D eigenvalue weighted by atomic mass is 14.9. The molecular weight excluding hydrogens is 148 g/mol. The minimum Gasteiger partial charge on any atom is -0.324 e. The first-order valence-electron chi connectivity index (χ1n) is 5.18. The van der Waals surface area contributed by atoms with Gasteiger partial charge in [-0.2, -0.15) is 0 Å². The van der Waals surface area contributed by atoms with Crippen molar-refractivity contribution in [2.24, 2.45) is 5.73 Å². The average Bonchev–Trinajstić information content (AvgIpc) is 2.12. The number of hydrogen-bond donors (Lipinski definition) is 2. The Hall–Kier alpha value is -0.0800. The second-order valence-corrected chi connectivity index (χ2v) is 3.60. The van der Waals surface area contributed by atoms with Crippen LogP contribution in [0, 0.1) is 0 Å². The predicted octanol–water partition coefficient (Wildman–Crippen LogP) is 1.89. The Morgan fingerprint density at radius 1 is 1.17 bits per heavy atom. The van der Waals surface area contributed by atoms with E-state index in [-0.39, 0.29) is 5.54 Å². The third-order valence-electron chi connectivity index (χ3n) is 2.59. The molecule has 0 spiro atoms. The van der Waals surface area contributed by atoms with Gasteiger partial charge in [0.2, 0.25) is 0 Å². The highest BCUT2D eigenvalue weighted by Crippen LogP contribution is 2.08. The Morgan fingerprint density at radius 2 is 1.75 bits per heavy atom. The molecular formula is C10H24N2. The van der Waals surface area contributed by atoms with Gasteiger partial charge >= 0.3 is 0 Å². The second kappa shape index (κ2) is 6.44. The quantitative estimate of drug-likeness (QED) is 0.576. The summed E-state index contributed by atoms with van der Waals surface area (Å²) < 4.78 is 0. The first-order chi connectivity index (χ1) is 5.68. The van der Waals surface area contributed by atoms with E-state index in [1.54, 1.807) is 0 Å². The molecule has 0 rings (SSSR count). The van der Waals surface area contributed by atoms with E-state index in [2.05, 4.69) is 26.1 Å². The lowest BCUT2D eigenvalue weighted by Gasteiger charge is -2.26. The standard InChI is InChI=1S/C10H24N2/c1-4-7-8-12-9-10(11,5-2)6-3/h12H,4-9,11H2,1-3H3. The highest BCUT2D eigenvalue weighted by Gasteiger charge is 2.18. The number of rotatable bonds is 7. The second-order valence-electron chi connectivity index (χ2n) is 3.60. The molecule has 0 aliphatic heterocycles. The van der Waals surface area contributed by atoms with E-state index >= 15 is 0 Å². The van der Waals surface area contributed by atoms with Crippen molar-refractivity contribution in [2.75, 3.05) is 13.1 Å². The van der Waals surface area contributed by atoms with Crippen LogP contribution in [0.1, 0.15) is 46.5 Å². The lowest BCUT2D eigenvalue weighted by Crippen LogP contribution is -2.47.